The van der Waals surface area contributed by atoms with E-state index >= 15 is 0 Å². The molecular formula is C23H25F3N6O3. The van der Waals surface area contributed by atoms with E-state index in [1.54, 1.807) is 28.9 Å². The van der Waals surface area contributed by atoms with Crippen LogP contribution in [0.2, 0.25) is 0 Å². The lowest BCUT2D eigenvalue weighted by molar-refractivity contribution is -0.137. The fraction of sp³-hybridized carbons (Fsp3) is 0.435. The number of methoxy groups -OCH3 is 1. The SMILES string of the molecule is COc1cc(NC(=O)N(C)C2CC3(C2)CN(C(=O)c2cnn4ccn(C)c24)C3)cc(C(F)(F)F)c1. The Balaban J connectivity index is 1.17. The molecule has 1 spiro atoms. The van der Waals surface area contributed by atoms with Gasteiger partial charge in [0.15, 0.2) is 0 Å². The average molecular weight is 490 g/mol. The minimum Gasteiger partial charge on any atom is -0.497 e. The van der Waals surface area contributed by atoms with Crippen LogP contribution in [0.15, 0.2) is 36.8 Å². The number of alkyl halides is 3. The van der Waals surface area contributed by atoms with Crippen LogP contribution in [0.5, 0.6) is 5.75 Å². The van der Waals surface area contributed by atoms with E-state index in [-0.39, 0.29) is 28.8 Å². The summed E-state index contributed by atoms with van der Waals surface area (Å²) in [7, 11) is 4.75. The van der Waals surface area contributed by atoms with Gasteiger partial charge < -0.3 is 24.4 Å². The standard InChI is InChI=1S/C23H25F3N6O3/c1-29-4-5-32-19(29)18(11-27-32)20(33)31-12-22(13-31)9-16(10-22)30(2)21(34)28-15-6-14(23(24,25)26)7-17(8-15)35-3/h4-8,11,16H,9-10,12-13H2,1-3H3,(H,28,34). The number of nitrogens with zero attached hydrogens (tertiary/aromatic N) is 5. The number of anilines is 1. The van der Waals surface area contributed by atoms with Crippen molar-refractivity contribution in [2.75, 3.05) is 32.6 Å². The van der Waals surface area contributed by atoms with Gasteiger partial charge in [0, 0.05) is 62.8 Å². The van der Waals surface area contributed by atoms with E-state index in [0.29, 0.717) is 18.7 Å². The van der Waals surface area contributed by atoms with Crippen LogP contribution in [0.3, 0.4) is 0 Å². The Kier molecular flexibility index (Phi) is 5.22. The van der Waals surface area contributed by atoms with E-state index < -0.39 is 17.8 Å². The minimum absolute atomic E-state index is 0.00522. The summed E-state index contributed by atoms with van der Waals surface area (Å²) in [6.07, 6.45) is 2.09. The highest BCUT2D eigenvalue weighted by Crippen LogP contribution is 2.50. The highest BCUT2D eigenvalue weighted by Gasteiger charge is 2.55. The second-order valence-electron chi connectivity index (χ2n) is 9.45. The second-order valence-corrected chi connectivity index (χ2v) is 9.45. The molecule has 186 valence electrons. The van der Waals surface area contributed by atoms with Crippen LogP contribution in [-0.4, -0.2) is 69.2 Å². The Bertz CT molecular complexity index is 1300. The van der Waals surface area contributed by atoms with E-state index in [2.05, 4.69) is 10.4 Å². The number of hydrogen-bond acceptors (Lipinski definition) is 4. The molecule has 2 aromatic heterocycles. The first kappa shape index (κ1) is 23.1. The predicted octanol–water partition coefficient (Wildman–Crippen LogP) is 3.47. The van der Waals surface area contributed by atoms with E-state index in [0.717, 1.165) is 30.6 Å². The van der Waals surface area contributed by atoms with Gasteiger partial charge in [0.1, 0.15) is 17.0 Å². The molecule has 3 aromatic rings. The van der Waals surface area contributed by atoms with Crippen molar-refractivity contribution >= 4 is 23.3 Å². The summed E-state index contributed by atoms with van der Waals surface area (Å²) in [5.41, 5.74) is 0.370. The highest BCUT2D eigenvalue weighted by atomic mass is 19.4. The number of rotatable bonds is 4. The molecule has 12 heteroatoms. The van der Waals surface area contributed by atoms with Gasteiger partial charge in [0.2, 0.25) is 0 Å². The summed E-state index contributed by atoms with van der Waals surface area (Å²) in [6, 6.07) is 2.55. The van der Waals surface area contributed by atoms with Crippen molar-refractivity contribution in [1.82, 2.24) is 24.0 Å². The Morgan fingerprint density at radius 3 is 2.57 bits per heavy atom. The van der Waals surface area contributed by atoms with Gasteiger partial charge in [-0.05, 0) is 25.0 Å². The highest BCUT2D eigenvalue weighted by molar-refractivity contribution is 6.00. The summed E-state index contributed by atoms with van der Waals surface area (Å²) in [6.45, 7) is 1.20. The molecule has 3 amide bonds. The molecule has 1 aliphatic heterocycles. The van der Waals surface area contributed by atoms with Crippen molar-refractivity contribution in [3.63, 3.8) is 0 Å². The Morgan fingerprint density at radius 2 is 1.91 bits per heavy atom. The molecule has 35 heavy (non-hydrogen) atoms. The summed E-state index contributed by atoms with van der Waals surface area (Å²) < 4.78 is 47.9. The van der Waals surface area contributed by atoms with Crippen LogP contribution in [0.25, 0.3) is 5.65 Å². The average Bonchev–Trinajstić information content (AvgIpc) is 3.33. The Morgan fingerprint density at radius 1 is 1.20 bits per heavy atom. The number of ether oxygens (including phenoxy) is 1. The lowest BCUT2D eigenvalue weighted by Gasteiger charge is -2.60. The Labute approximate surface area is 199 Å². The maximum absolute atomic E-state index is 13.1. The number of carbonyl (C=O) groups excluding carboxylic acids is 2. The molecular weight excluding hydrogens is 465 g/mol. The molecule has 1 saturated carbocycles. The van der Waals surface area contributed by atoms with Crippen LogP contribution in [0.1, 0.15) is 28.8 Å². The number of halogens is 3. The van der Waals surface area contributed by atoms with Crippen LogP contribution < -0.4 is 10.1 Å². The first-order valence-electron chi connectivity index (χ1n) is 11.1. The number of imidazole rings is 1. The largest absolute Gasteiger partial charge is 0.497 e. The lowest BCUT2D eigenvalue weighted by Crippen LogP contribution is -2.67. The van der Waals surface area contributed by atoms with Crippen LogP contribution in [0, 0.1) is 5.41 Å². The van der Waals surface area contributed by atoms with Gasteiger partial charge in [-0.1, -0.05) is 0 Å². The van der Waals surface area contributed by atoms with E-state index in [4.69, 9.17) is 4.74 Å². The van der Waals surface area contributed by atoms with Gasteiger partial charge in [-0.2, -0.15) is 18.3 Å². The number of benzene rings is 1. The number of nitrogens with one attached hydrogen (secondary N) is 1. The quantitative estimate of drug-likeness (QED) is 0.607. The zero-order valence-corrected chi connectivity index (χ0v) is 19.5. The second kappa shape index (κ2) is 7.92. The van der Waals surface area contributed by atoms with Crippen molar-refractivity contribution in [1.29, 1.82) is 0 Å². The summed E-state index contributed by atoms with van der Waals surface area (Å²) in [4.78, 5) is 28.9. The monoisotopic (exact) mass is 490 g/mol. The van der Waals surface area contributed by atoms with E-state index in [1.807, 2.05) is 17.8 Å². The number of likely N-dealkylation sites (tertiary alicyclic amines) is 1. The third-order valence-corrected chi connectivity index (χ3v) is 7.03. The maximum Gasteiger partial charge on any atom is 0.416 e. The predicted molar refractivity (Wildman–Crippen MR) is 120 cm³/mol. The fourth-order valence-electron chi connectivity index (χ4n) is 5.08. The number of carbonyl (C=O) groups is 2. The number of aryl methyl sites for hydroxylation is 1. The summed E-state index contributed by atoms with van der Waals surface area (Å²) in [5.74, 6) is -0.0638. The zero-order valence-electron chi connectivity index (χ0n) is 19.5. The maximum atomic E-state index is 13.1. The van der Waals surface area contributed by atoms with Gasteiger partial charge in [0.05, 0.1) is 18.9 Å². The molecule has 1 N–H and O–H groups in total. The lowest BCUT2D eigenvalue weighted by atomic mass is 9.60. The molecule has 0 radical (unpaired) electrons. The molecule has 3 heterocycles. The molecule has 2 aliphatic rings. The number of amides is 3. The Hall–Kier alpha value is -3.70. The number of urea groups is 1. The first-order chi connectivity index (χ1) is 16.5. The molecule has 2 fully saturated rings. The number of aromatic nitrogens is 3. The fourth-order valence-corrected chi connectivity index (χ4v) is 5.08. The normalized spacial score (nSPS) is 17.3. The van der Waals surface area contributed by atoms with Crippen molar-refractivity contribution < 1.29 is 27.5 Å². The van der Waals surface area contributed by atoms with Gasteiger partial charge in [0.25, 0.3) is 5.91 Å². The van der Waals surface area contributed by atoms with Gasteiger partial charge in [-0.3, -0.25) is 4.79 Å². The molecule has 9 nitrogen and oxygen atoms in total. The number of hydrogen-bond donors (Lipinski definition) is 1. The summed E-state index contributed by atoms with van der Waals surface area (Å²) >= 11 is 0. The minimum atomic E-state index is -4.56. The molecule has 1 saturated heterocycles. The van der Waals surface area contributed by atoms with Crippen LogP contribution in [0.4, 0.5) is 23.7 Å². The van der Waals surface area contributed by atoms with E-state index in [1.165, 1.54) is 18.1 Å². The molecule has 0 atom stereocenters. The number of fused-ring (bicyclic) bond motifs is 1. The van der Waals surface area contributed by atoms with Crippen LogP contribution in [-0.2, 0) is 13.2 Å². The van der Waals surface area contributed by atoms with Gasteiger partial charge in [-0.25, -0.2) is 9.31 Å². The first-order valence-corrected chi connectivity index (χ1v) is 11.1. The molecule has 1 aromatic carbocycles. The van der Waals surface area contributed by atoms with Crippen LogP contribution >= 0.6 is 0 Å². The smallest absolute Gasteiger partial charge is 0.416 e. The van der Waals surface area contributed by atoms with Crippen molar-refractivity contribution in [2.45, 2.75) is 25.1 Å². The third kappa shape index (κ3) is 3.96. The summed E-state index contributed by atoms with van der Waals surface area (Å²) in [5, 5.41) is 6.76. The third-order valence-electron chi connectivity index (χ3n) is 7.03. The molecule has 0 unspecified atom stereocenters. The van der Waals surface area contributed by atoms with E-state index in [9.17, 15) is 22.8 Å². The molecule has 0 bridgehead atoms. The van der Waals surface area contributed by atoms with Gasteiger partial charge in [-0.15, -0.1) is 0 Å². The molecule has 5 rings (SSSR count). The van der Waals surface area contributed by atoms with Crippen molar-refractivity contribution in [3.05, 3.63) is 47.9 Å². The topological polar surface area (TPSA) is 84.1 Å². The van der Waals surface area contributed by atoms with Crippen molar-refractivity contribution in [2.24, 2.45) is 12.5 Å². The molecule has 1 aliphatic carbocycles. The van der Waals surface area contributed by atoms with Crippen molar-refractivity contribution in [3.8, 4) is 5.75 Å². The van der Waals surface area contributed by atoms with Gasteiger partial charge >= 0.3 is 12.2 Å². The zero-order chi connectivity index (χ0) is 25.1.